The fourth-order valence-corrected chi connectivity index (χ4v) is 3.19. The van der Waals surface area contributed by atoms with Gasteiger partial charge in [-0.2, -0.15) is 13.2 Å². The van der Waals surface area contributed by atoms with Gasteiger partial charge in [-0.1, -0.05) is 0 Å². The first-order valence-corrected chi connectivity index (χ1v) is 7.12. The van der Waals surface area contributed by atoms with Crippen LogP contribution in [0.5, 0.6) is 0 Å². The number of aromatic nitrogens is 1. The van der Waals surface area contributed by atoms with Crippen molar-refractivity contribution in [3.63, 3.8) is 0 Å². The largest absolute Gasteiger partial charge is 0.414 e. The summed E-state index contributed by atoms with van der Waals surface area (Å²) >= 11 is 1.57. The molecule has 0 amide bonds. The number of aryl methyl sites for hydroxylation is 1. The quantitative estimate of drug-likeness (QED) is 0.931. The minimum absolute atomic E-state index is 0.387. The molecule has 0 aromatic carbocycles. The third kappa shape index (κ3) is 3.67. The van der Waals surface area contributed by atoms with Crippen LogP contribution in [0.15, 0.2) is 5.51 Å². The van der Waals surface area contributed by atoms with E-state index < -0.39 is 18.2 Å². The van der Waals surface area contributed by atoms with Crippen LogP contribution in [-0.2, 0) is 6.54 Å². The number of thiazole rings is 1. The van der Waals surface area contributed by atoms with Gasteiger partial charge in [-0.15, -0.1) is 11.3 Å². The normalized spacial score (nSPS) is 20.7. The van der Waals surface area contributed by atoms with Crippen molar-refractivity contribution in [2.45, 2.75) is 38.6 Å². The molecule has 1 aromatic heterocycles. The van der Waals surface area contributed by atoms with Crippen LogP contribution in [0.3, 0.4) is 0 Å². The number of rotatable bonds is 3. The molecule has 1 N–H and O–H groups in total. The number of aliphatic hydroxyl groups excluding tert-OH is 1. The summed E-state index contributed by atoms with van der Waals surface area (Å²) < 4.78 is 37.3. The molecule has 0 radical (unpaired) electrons. The summed E-state index contributed by atoms with van der Waals surface area (Å²) in [5.74, 6) is -0.668. The molecule has 0 saturated carbocycles. The minimum Gasteiger partial charge on any atom is -0.383 e. The molecule has 1 fully saturated rings. The van der Waals surface area contributed by atoms with Crippen LogP contribution in [0.1, 0.15) is 23.4 Å². The Balaban J connectivity index is 1.84. The van der Waals surface area contributed by atoms with E-state index in [1.807, 2.05) is 6.92 Å². The highest BCUT2D eigenvalue weighted by molar-refractivity contribution is 7.09. The molecule has 19 heavy (non-hydrogen) atoms. The van der Waals surface area contributed by atoms with E-state index in [1.165, 1.54) is 0 Å². The zero-order valence-corrected chi connectivity index (χ0v) is 11.5. The molecule has 2 rings (SSSR count). The average Bonchev–Trinajstić information content (AvgIpc) is 2.74. The van der Waals surface area contributed by atoms with Crippen molar-refractivity contribution in [2.24, 2.45) is 5.92 Å². The highest BCUT2D eigenvalue weighted by Gasteiger charge is 2.44. The molecular weight excluding hydrogens is 277 g/mol. The van der Waals surface area contributed by atoms with Gasteiger partial charge >= 0.3 is 6.18 Å². The zero-order chi connectivity index (χ0) is 14.0. The Morgan fingerprint density at radius 1 is 1.47 bits per heavy atom. The third-order valence-electron chi connectivity index (χ3n) is 3.63. The van der Waals surface area contributed by atoms with Gasteiger partial charge < -0.3 is 5.11 Å². The molecular formula is C12H17F3N2OS. The Morgan fingerprint density at radius 2 is 2.11 bits per heavy atom. The van der Waals surface area contributed by atoms with E-state index in [4.69, 9.17) is 0 Å². The first-order chi connectivity index (χ1) is 8.88. The van der Waals surface area contributed by atoms with Crippen LogP contribution in [0.2, 0.25) is 0 Å². The maximum Gasteiger partial charge on any atom is 0.414 e. The fraction of sp³-hybridized carbons (Fsp3) is 0.750. The number of halogens is 3. The molecule has 1 aliphatic rings. The monoisotopic (exact) mass is 294 g/mol. The highest BCUT2D eigenvalue weighted by atomic mass is 32.1. The van der Waals surface area contributed by atoms with Crippen molar-refractivity contribution in [1.29, 1.82) is 0 Å². The predicted octanol–water partition coefficient (Wildman–Crippen LogP) is 2.59. The Morgan fingerprint density at radius 3 is 2.58 bits per heavy atom. The lowest BCUT2D eigenvalue weighted by atomic mass is 9.91. The smallest absolute Gasteiger partial charge is 0.383 e. The summed E-state index contributed by atoms with van der Waals surface area (Å²) in [5, 5.41) is 9.25. The van der Waals surface area contributed by atoms with Crippen molar-refractivity contribution in [3.05, 3.63) is 16.1 Å². The minimum atomic E-state index is -4.50. The molecule has 1 unspecified atom stereocenters. The van der Waals surface area contributed by atoms with Gasteiger partial charge in [0, 0.05) is 11.4 Å². The third-order valence-corrected chi connectivity index (χ3v) is 4.55. The number of aliphatic hydroxyl groups is 1. The molecule has 0 bridgehead atoms. The van der Waals surface area contributed by atoms with Crippen LogP contribution >= 0.6 is 11.3 Å². The van der Waals surface area contributed by atoms with Crippen molar-refractivity contribution in [2.75, 3.05) is 13.1 Å². The summed E-state index contributed by atoms with van der Waals surface area (Å²) in [4.78, 5) is 7.45. The summed E-state index contributed by atoms with van der Waals surface area (Å²) in [6.45, 7) is 3.86. The molecule has 7 heteroatoms. The fourth-order valence-electron chi connectivity index (χ4n) is 2.38. The van der Waals surface area contributed by atoms with Crippen molar-refractivity contribution in [1.82, 2.24) is 9.88 Å². The maximum atomic E-state index is 12.4. The average molecular weight is 294 g/mol. The molecule has 0 aliphatic carbocycles. The highest BCUT2D eigenvalue weighted by Crippen LogP contribution is 2.32. The second-order valence-electron chi connectivity index (χ2n) is 4.96. The van der Waals surface area contributed by atoms with Crippen LogP contribution in [0, 0.1) is 12.8 Å². The number of likely N-dealkylation sites (tertiary alicyclic amines) is 1. The standard InChI is InChI=1S/C12H17F3N2OS/c1-8-10(19-7-16-8)6-17-4-2-9(3-5-17)11(18)12(13,14)15/h7,9,11,18H,2-6H2,1H3. The van der Waals surface area contributed by atoms with E-state index >= 15 is 0 Å². The van der Waals surface area contributed by atoms with E-state index in [2.05, 4.69) is 9.88 Å². The van der Waals surface area contributed by atoms with Gasteiger partial charge in [-0.25, -0.2) is 4.98 Å². The van der Waals surface area contributed by atoms with Crippen LogP contribution < -0.4 is 0 Å². The van der Waals surface area contributed by atoms with Crippen molar-refractivity contribution in [3.8, 4) is 0 Å². The molecule has 0 spiro atoms. The van der Waals surface area contributed by atoms with Crippen LogP contribution in [0.4, 0.5) is 13.2 Å². The number of piperidine rings is 1. The van der Waals surface area contributed by atoms with Crippen LogP contribution in [-0.4, -0.2) is 40.4 Å². The van der Waals surface area contributed by atoms with E-state index in [1.54, 1.807) is 16.8 Å². The van der Waals surface area contributed by atoms with E-state index in [0.29, 0.717) is 25.9 Å². The Hall–Kier alpha value is -0.660. The maximum absolute atomic E-state index is 12.4. The summed E-state index contributed by atoms with van der Waals surface area (Å²) in [7, 11) is 0. The molecule has 2 heterocycles. The van der Waals surface area contributed by atoms with E-state index in [0.717, 1.165) is 17.1 Å². The lowest BCUT2D eigenvalue weighted by Gasteiger charge is -2.34. The molecule has 1 atom stereocenters. The molecule has 1 aliphatic heterocycles. The first-order valence-electron chi connectivity index (χ1n) is 6.24. The predicted molar refractivity (Wildman–Crippen MR) is 66.9 cm³/mol. The van der Waals surface area contributed by atoms with Gasteiger partial charge in [-0.05, 0) is 38.8 Å². The van der Waals surface area contributed by atoms with Crippen molar-refractivity contribution >= 4 is 11.3 Å². The Bertz CT molecular complexity index is 413. The topological polar surface area (TPSA) is 36.4 Å². The summed E-state index contributed by atoms with van der Waals surface area (Å²) in [5.41, 5.74) is 2.77. The molecule has 1 aromatic rings. The zero-order valence-electron chi connectivity index (χ0n) is 10.7. The SMILES string of the molecule is Cc1ncsc1CN1CCC(C(O)C(F)(F)F)CC1. The lowest BCUT2D eigenvalue weighted by molar-refractivity contribution is -0.223. The second-order valence-corrected chi connectivity index (χ2v) is 5.90. The van der Waals surface area contributed by atoms with E-state index in [9.17, 15) is 18.3 Å². The first kappa shape index (κ1) is 14.7. The molecule has 3 nitrogen and oxygen atoms in total. The van der Waals surface area contributed by atoms with Gasteiger partial charge in [0.25, 0.3) is 0 Å². The number of alkyl halides is 3. The number of hydrogen-bond acceptors (Lipinski definition) is 4. The van der Waals surface area contributed by atoms with Crippen molar-refractivity contribution < 1.29 is 18.3 Å². The lowest BCUT2D eigenvalue weighted by Crippen LogP contribution is -2.43. The Labute approximate surface area is 114 Å². The second kappa shape index (κ2) is 5.76. The number of hydrogen-bond donors (Lipinski definition) is 1. The van der Waals surface area contributed by atoms with Gasteiger partial charge in [0.15, 0.2) is 6.10 Å². The van der Waals surface area contributed by atoms with Gasteiger partial charge in [0.1, 0.15) is 0 Å². The van der Waals surface area contributed by atoms with Gasteiger partial charge in [0.05, 0.1) is 11.2 Å². The van der Waals surface area contributed by atoms with Gasteiger partial charge in [-0.3, -0.25) is 4.90 Å². The number of nitrogens with zero attached hydrogens (tertiary/aromatic N) is 2. The summed E-state index contributed by atoms with van der Waals surface area (Å²) in [6, 6.07) is 0. The summed E-state index contributed by atoms with van der Waals surface area (Å²) in [6.07, 6.45) is -5.90. The van der Waals surface area contributed by atoms with Crippen LogP contribution in [0.25, 0.3) is 0 Å². The molecule has 108 valence electrons. The molecule has 1 saturated heterocycles. The van der Waals surface area contributed by atoms with Gasteiger partial charge in [0.2, 0.25) is 0 Å². The van der Waals surface area contributed by atoms with E-state index in [-0.39, 0.29) is 0 Å². The Kier molecular flexibility index (Phi) is 4.47.